The zero-order valence-electron chi connectivity index (χ0n) is 11.8. The summed E-state index contributed by atoms with van der Waals surface area (Å²) in [6.07, 6.45) is -1.38. The molecule has 1 unspecified atom stereocenters. The van der Waals surface area contributed by atoms with E-state index in [-0.39, 0.29) is 23.5 Å². The van der Waals surface area contributed by atoms with Gasteiger partial charge in [0.05, 0.1) is 5.56 Å². The van der Waals surface area contributed by atoms with Crippen LogP contribution >= 0.6 is 0 Å². The van der Waals surface area contributed by atoms with Gasteiger partial charge in [-0.25, -0.2) is 0 Å². The van der Waals surface area contributed by atoms with Gasteiger partial charge in [0.1, 0.15) is 5.78 Å². The van der Waals surface area contributed by atoms with Crippen molar-refractivity contribution in [1.82, 2.24) is 0 Å². The molecule has 2 rings (SSSR count). The molecule has 0 bridgehead atoms. The van der Waals surface area contributed by atoms with Crippen molar-refractivity contribution in [2.75, 3.05) is 0 Å². The highest BCUT2D eigenvalue weighted by atomic mass is 19.4. The summed E-state index contributed by atoms with van der Waals surface area (Å²) in [5, 5.41) is 0. The molecule has 0 saturated heterocycles. The quantitative estimate of drug-likeness (QED) is 0.790. The van der Waals surface area contributed by atoms with E-state index in [1.807, 2.05) is 0 Å². The Morgan fingerprint density at radius 3 is 2.60 bits per heavy atom. The maximum Gasteiger partial charge on any atom is 0.416 e. The molecular weight excluding hydrogens is 265 g/mol. The number of hydrogen-bond acceptors (Lipinski definition) is 1. The summed E-state index contributed by atoms with van der Waals surface area (Å²) in [5.74, 6) is 0.0314. The summed E-state index contributed by atoms with van der Waals surface area (Å²) < 4.78 is 37.9. The number of alkyl halides is 3. The smallest absolute Gasteiger partial charge is 0.299 e. The Morgan fingerprint density at radius 1 is 1.35 bits per heavy atom. The standard InChI is InChI=1S/C16H19F3O/c1-15(2)8-4-7-13(15)14(20)10-11-5-3-6-12(9-11)16(17,18)19/h3,5-6,9,13H,4,7-8,10H2,1-2H3. The lowest BCUT2D eigenvalue weighted by Crippen LogP contribution is -2.27. The minimum Gasteiger partial charge on any atom is -0.299 e. The molecule has 0 radical (unpaired) electrons. The summed E-state index contributed by atoms with van der Waals surface area (Å²) in [4.78, 5) is 12.3. The molecule has 1 aromatic rings. The number of rotatable bonds is 3. The first-order chi connectivity index (χ1) is 9.20. The van der Waals surface area contributed by atoms with E-state index in [1.54, 1.807) is 6.07 Å². The highest BCUT2D eigenvalue weighted by Crippen LogP contribution is 2.43. The number of Topliss-reactive ketones (excluding diaryl/α,β-unsaturated/α-hetero) is 1. The minimum absolute atomic E-state index is 0.0290. The van der Waals surface area contributed by atoms with Crippen LogP contribution in [0.4, 0.5) is 13.2 Å². The number of carbonyl (C=O) groups excluding carboxylic acids is 1. The van der Waals surface area contributed by atoms with Crippen LogP contribution in [-0.2, 0) is 17.4 Å². The van der Waals surface area contributed by atoms with Crippen LogP contribution in [0.15, 0.2) is 24.3 Å². The van der Waals surface area contributed by atoms with Gasteiger partial charge < -0.3 is 0 Å². The van der Waals surface area contributed by atoms with Crippen molar-refractivity contribution in [3.63, 3.8) is 0 Å². The summed E-state index contributed by atoms with van der Waals surface area (Å²) in [5.41, 5.74) is -0.264. The minimum atomic E-state index is -4.36. The fraction of sp³-hybridized carbons (Fsp3) is 0.562. The van der Waals surface area contributed by atoms with Crippen LogP contribution in [0.5, 0.6) is 0 Å². The van der Waals surface area contributed by atoms with E-state index >= 15 is 0 Å². The van der Waals surface area contributed by atoms with Gasteiger partial charge in [-0.2, -0.15) is 13.2 Å². The van der Waals surface area contributed by atoms with Gasteiger partial charge in [-0.1, -0.05) is 38.5 Å². The second-order valence-electron chi connectivity index (χ2n) is 6.27. The molecule has 1 aromatic carbocycles. The molecule has 0 aliphatic heterocycles. The number of hydrogen-bond donors (Lipinski definition) is 0. The van der Waals surface area contributed by atoms with Crippen LogP contribution in [0.25, 0.3) is 0 Å². The topological polar surface area (TPSA) is 17.1 Å². The van der Waals surface area contributed by atoms with Crippen molar-refractivity contribution in [3.05, 3.63) is 35.4 Å². The van der Waals surface area contributed by atoms with Gasteiger partial charge in [0.25, 0.3) is 0 Å². The molecule has 1 atom stereocenters. The zero-order chi connectivity index (χ0) is 15.0. The lowest BCUT2D eigenvalue weighted by atomic mass is 9.78. The van der Waals surface area contributed by atoms with E-state index in [4.69, 9.17) is 0 Å². The molecular formula is C16H19F3O. The van der Waals surface area contributed by atoms with Gasteiger partial charge in [-0.15, -0.1) is 0 Å². The SMILES string of the molecule is CC1(C)CCCC1C(=O)Cc1cccc(C(F)(F)F)c1. The molecule has 20 heavy (non-hydrogen) atoms. The van der Waals surface area contributed by atoms with Crippen LogP contribution < -0.4 is 0 Å². The maximum atomic E-state index is 12.6. The van der Waals surface area contributed by atoms with E-state index in [0.29, 0.717) is 5.56 Å². The first kappa shape index (κ1) is 15.1. The molecule has 1 aliphatic carbocycles. The Labute approximate surface area is 117 Å². The van der Waals surface area contributed by atoms with Crippen LogP contribution in [-0.4, -0.2) is 5.78 Å². The third-order valence-electron chi connectivity index (χ3n) is 4.28. The van der Waals surface area contributed by atoms with E-state index in [0.717, 1.165) is 31.4 Å². The molecule has 1 nitrogen and oxygen atoms in total. The van der Waals surface area contributed by atoms with E-state index in [9.17, 15) is 18.0 Å². The van der Waals surface area contributed by atoms with Crippen LogP contribution in [0.3, 0.4) is 0 Å². The molecule has 1 fully saturated rings. The molecule has 110 valence electrons. The third kappa shape index (κ3) is 3.22. The average Bonchev–Trinajstić information content (AvgIpc) is 2.68. The van der Waals surface area contributed by atoms with Gasteiger partial charge in [0.15, 0.2) is 0 Å². The van der Waals surface area contributed by atoms with Crippen molar-refractivity contribution in [1.29, 1.82) is 0 Å². The summed E-state index contributed by atoms with van der Waals surface area (Å²) in [7, 11) is 0. The molecule has 0 N–H and O–H groups in total. The Bertz CT molecular complexity index is 503. The Hall–Kier alpha value is -1.32. The van der Waals surface area contributed by atoms with Gasteiger partial charge in [-0.3, -0.25) is 4.79 Å². The van der Waals surface area contributed by atoms with Gasteiger partial charge in [-0.05, 0) is 29.9 Å². The second-order valence-corrected chi connectivity index (χ2v) is 6.27. The highest BCUT2D eigenvalue weighted by molar-refractivity contribution is 5.84. The van der Waals surface area contributed by atoms with E-state index in [2.05, 4.69) is 13.8 Å². The van der Waals surface area contributed by atoms with Crippen molar-refractivity contribution in [2.45, 2.75) is 45.7 Å². The Morgan fingerprint density at radius 2 is 2.05 bits per heavy atom. The van der Waals surface area contributed by atoms with Gasteiger partial charge in [0, 0.05) is 12.3 Å². The number of halogens is 3. The summed E-state index contributed by atoms with van der Waals surface area (Å²) in [6.45, 7) is 4.13. The van der Waals surface area contributed by atoms with Crippen molar-refractivity contribution >= 4 is 5.78 Å². The first-order valence-electron chi connectivity index (χ1n) is 6.89. The van der Waals surface area contributed by atoms with E-state index < -0.39 is 11.7 Å². The van der Waals surface area contributed by atoms with Crippen molar-refractivity contribution in [3.8, 4) is 0 Å². The monoisotopic (exact) mass is 284 g/mol. The lowest BCUT2D eigenvalue weighted by Gasteiger charge is -2.25. The Kier molecular flexibility index (Phi) is 3.94. The normalized spacial score (nSPS) is 21.9. The second kappa shape index (κ2) is 5.23. The lowest BCUT2D eigenvalue weighted by molar-refractivity contribution is -0.137. The van der Waals surface area contributed by atoms with Gasteiger partial charge in [0.2, 0.25) is 0 Å². The molecule has 0 aromatic heterocycles. The number of carbonyl (C=O) groups is 1. The molecule has 0 amide bonds. The molecule has 1 saturated carbocycles. The van der Waals surface area contributed by atoms with Crippen LogP contribution in [0, 0.1) is 11.3 Å². The highest BCUT2D eigenvalue weighted by Gasteiger charge is 2.39. The average molecular weight is 284 g/mol. The largest absolute Gasteiger partial charge is 0.416 e. The van der Waals surface area contributed by atoms with Crippen LogP contribution in [0.1, 0.15) is 44.2 Å². The first-order valence-corrected chi connectivity index (χ1v) is 6.89. The number of ketones is 1. The molecule has 1 aliphatic rings. The molecule has 0 spiro atoms. The predicted molar refractivity (Wildman–Crippen MR) is 71.3 cm³/mol. The van der Waals surface area contributed by atoms with Crippen molar-refractivity contribution < 1.29 is 18.0 Å². The summed E-state index contributed by atoms with van der Waals surface area (Å²) >= 11 is 0. The molecule has 0 heterocycles. The Balaban J connectivity index is 2.13. The van der Waals surface area contributed by atoms with E-state index in [1.165, 1.54) is 6.07 Å². The fourth-order valence-electron chi connectivity index (χ4n) is 3.11. The van der Waals surface area contributed by atoms with Gasteiger partial charge >= 0.3 is 6.18 Å². The maximum absolute atomic E-state index is 12.6. The molecule has 4 heteroatoms. The number of benzene rings is 1. The fourth-order valence-corrected chi connectivity index (χ4v) is 3.11. The summed E-state index contributed by atoms with van der Waals surface area (Å²) in [6, 6.07) is 5.08. The predicted octanol–water partition coefficient (Wildman–Crippen LogP) is 4.64. The van der Waals surface area contributed by atoms with Crippen molar-refractivity contribution in [2.24, 2.45) is 11.3 Å². The van der Waals surface area contributed by atoms with Crippen LogP contribution in [0.2, 0.25) is 0 Å². The zero-order valence-corrected chi connectivity index (χ0v) is 11.8. The third-order valence-corrected chi connectivity index (χ3v) is 4.28.